The van der Waals surface area contributed by atoms with Gasteiger partial charge >= 0.3 is 0 Å². The number of nitrogens with zero attached hydrogens (tertiary/aromatic N) is 1. The van der Waals surface area contributed by atoms with E-state index in [4.69, 9.17) is 13.9 Å². The molecule has 7 nitrogen and oxygen atoms in total. The van der Waals surface area contributed by atoms with E-state index in [2.05, 4.69) is 10.3 Å². The number of aromatic nitrogens is 1. The van der Waals surface area contributed by atoms with Crippen LogP contribution in [0.3, 0.4) is 0 Å². The zero-order chi connectivity index (χ0) is 28.9. The number of aryl methyl sites for hydroxylation is 1. The van der Waals surface area contributed by atoms with Crippen molar-refractivity contribution in [2.45, 2.75) is 26.3 Å². The molecule has 0 radical (unpaired) electrons. The van der Waals surface area contributed by atoms with Crippen LogP contribution in [0.2, 0.25) is 0 Å². The molecule has 1 aliphatic carbocycles. The minimum atomic E-state index is -0.562. The number of benzene rings is 2. The van der Waals surface area contributed by atoms with Crippen molar-refractivity contribution in [3.05, 3.63) is 113 Å². The Labute approximate surface area is 238 Å². The molecular formula is C33H31FN2O5. The number of fused-ring (bicyclic) bond motifs is 1. The summed E-state index contributed by atoms with van der Waals surface area (Å²) >= 11 is 0. The van der Waals surface area contributed by atoms with E-state index in [1.807, 2.05) is 25.1 Å². The van der Waals surface area contributed by atoms with Crippen LogP contribution in [0.25, 0.3) is 17.2 Å². The Kier molecular flexibility index (Phi) is 8.19. The molecule has 1 unspecified atom stereocenters. The van der Waals surface area contributed by atoms with Crippen LogP contribution in [0.15, 0.2) is 83.2 Å². The molecule has 2 aromatic carbocycles. The summed E-state index contributed by atoms with van der Waals surface area (Å²) in [5.74, 6) is -0.0327. The van der Waals surface area contributed by atoms with Gasteiger partial charge in [-0.15, -0.1) is 0 Å². The Bertz CT molecular complexity index is 1590. The molecule has 2 aromatic heterocycles. The number of phenolic OH excluding ortho intramolecular Hbond substituents is 1. The van der Waals surface area contributed by atoms with E-state index >= 15 is 0 Å². The molecule has 1 atom stereocenters. The number of carbonyl (C=O) groups is 1. The number of hydrogen-bond acceptors (Lipinski definition) is 6. The van der Waals surface area contributed by atoms with Crippen LogP contribution in [0, 0.1) is 11.7 Å². The van der Waals surface area contributed by atoms with E-state index < -0.39 is 5.92 Å². The molecule has 0 fully saturated rings. The van der Waals surface area contributed by atoms with Crippen LogP contribution in [-0.4, -0.2) is 30.2 Å². The van der Waals surface area contributed by atoms with Crippen molar-refractivity contribution in [1.29, 1.82) is 0 Å². The molecule has 0 aliphatic heterocycles. The first kappa shape index (κ1) is 27.7. The molecule has 0 saturated heterocycles. The molecule has 5 rings (SSSR count). The van der Waals surface area contributed by atoms with E-state index in [1.54, 1.807) is 49.0 Å². The van der Waals surface area contributed by atoms with Gasteiger partial charge in [-0.05, 0) is 113 Å². The third-order valence-electron chi connectivity index (χ3n) is 7.34. The molecule has 1 aliphatic rings. The number of amides is 1. The van der Waals surface area contributed by atoms with Gasteiger partial charge in [0.1, 0.15) is 11.6 Å². The van der Waals surface area contributed by atoms with E-state index in [0.717, 1.165) is 33.4 Å². The van der Waals surface area contributed by atoms with Gasteiger partial charge in [-0.25, -0.2) is 4.39 Å². The summed E-state index contributed by atoms with van der Waals surface area (Å²) in [5, 5.41) is 13.4. The number of aromatic hydroxyl groups is 1. The Morgan fingerprint density at radius 3 is 2.46 bits per heavy atom. The fourth-order valence-corrected chi connectivity index (χ4v) is 5.30. The SMILES string of the molecule is COc1cc(/C=C2/C(C)=C(C(CCc3ccncc3)C(=O)NCc3ccco3)c3cc(F)ccc32)cc(OC)c1O. The van der Waals surface area contributed by atoms with Crippen molar-refractivity contribution in [2.24, 2.45) is 5.92 Å². The van der Waals surface area contributed by atoms with Crippen molar-refractivity contribution in [2.75, 3.05) is 14.2 Å². The Hall–Kier alpha value is -4.85. The van der Waals surface area contributed by atoms with Crippen LogP contribution in [0.4, 0.5) is 4.39 Å². The third kappa shape index (κ3) is 5.87. The van der Waals surface area contributed by atoms with E-state index in [9.17, 15) is 14.3 Å². The molecule has 0 spiro atoms. The number of halogens is 1. The first-order valence-corrected chi connectivity index (χ1v) is 13.3. The van der Waals surface area contributed by atoms with Gasteiger partial charge in [-0.3, -0.25) is 9.78 Å². The molecule has 4 aromatic rings. The van der Waals surface area contributed by atoms with Gasteiger partial charge in [0.15, 0.2) is 11.5 Å². The zero-order valence-electron chi connectivity index (χ0n) is 23.1. The second-order valence-electron chi connectivity index (χ2n) is 9.80. The average Bonchev–Trinajstić information content (AvgIpc) is 3.60. The molecule has 2 N–H and O–H groups in total. The fourth-order valence-electron chi connectivity index (χ4n) is 5.30. The lowest BCUT2D eigenvalue weighted by atomic mass is 9.86. The van der Waals surface area contributed by atoms with E-state index in [1.165, 1.54) is 26.4 Å². The van der Waals surface area contributed by atoms with Gasteiger partial charge in [0.25, 0.3) is 0 Å². The molecule has 41 heavy (non-hydrogen) atoms. The monoisotopic (exact) mass is 554 g/mol. The highest BCUT2D eigenvalue weighted by atomic mass is 19.1. The first-order chi connectivity index (χ1) is 19.9. The second kappa shape index (κ2) is 12.1. The number of furan rings is 1. The summed E-state index contributed by atoms with van der Waals surface area (Å²) in [6.45, 7) is 2.20. The smallest absolute Gasteiger partial charge is 0.227 e. The highest BCUT2D eigenvalue weighted by Crippen LogP contribution is 2.47. The number of nitrogens with one attached hydrogen (secondary N) is 1. The highest BCUT2D eigenvalue weighted by molar-refractivity contribution is 6.09. The van der Waals surface area contributed by atoms with Crippen molar-refractivity contribution >= 4 is 23.1 Å². The molecule has 0 saturated carbocycles. The van der Waals surface area contributed by atoms with Crippen LogP contribution in [0.1, 0.15) is 41.4 Å². The summed E-state index contributed by atoms with van der Waals surface area (Å²) in [5.41, 5.74) is 5.75. The summed E-state index contributed by atoms with van der Waals surface area (Å²) < 4.78 is 30.8. The molecule has 1 amide bonds. The largest absolute Gasteiger partial charge is 0.502 e. The van der Waals surface area contributed by atoms with Gasteiger partial charge in [0.2, 0.25) is 11.7 Å². The molecule has 210 valence electrons. The predicted molar refractivity (Wildman–Crippen MR) is 155 cm³/mol. The summed E-state index contributed by atoms with van der Waals surface area (Å²) in [7, 11) is 2.94. The minimum absolute atomic E-state index is 0.0941. The number of methoxy groups -OCH3 is 2. The number of hydrogen-bond donors (Lipinski definition) is 2. The Balaban J connectivity index is 1.59. The predicted octanol–water partition coefficient (Wildman–Crippen LogP) is 6.43. The molecule has 8 heteroatoms. The summed E-state index contributed by atoms with van der Waals surface area (Å²) in [6.07, 6.45) is 8.10. The minimum Gasteiger partial charge on any atom is -0.502 e. The Morgan fingerprint density at radius 1 is 1.07 bits per heavy atom. The molecule has 2 heterocycles. The zero-order valence-corrected chi connectivity index (χ0v) is 23.1. The van der Waals surface area contributed by atoms with Crippen LogP contribution >= 0.6 is 0 Å². The van der Waals surface area contributed by atoms with Crippen LogP contribution in [0.5, 0.6) is 17.2 Å². The van der Waals surface area contributed by atoms with Gasteiger partial charge in [0.05, 0.1) is 32.9 Å². The van der Waals surface area contributed by atoms with Crippen molar-refractivity contribution in [3.8, 4) is 17.2 Å². The van der Waals surface area contributed by atoms with Gasteiger partial charge in [-0.1, -0.05) is 6.07 Å². The standard InChI is InChI=1S/C33H31FN2O5/c1-20-27(15-22-16-29(39-2)32(37)30(17-22)40-3)25-9-7-23(34)18-28(25)31(20)26(8-6-21-10-12-35-13-11-21)33(38)36-19-24-5-4-14-41-24/h4-5,7,9-18,26,37H,6,8,19H2,1-3H3,(H,36,38)/b27-15-. The summed E-state index contributed by atoms with van der Waals surface area (Å²) in [6, 6.07) is 15.5. The topological polar surface area (TPSA) is 93.8 Å². The Morgan fingerprint density at radius 2 is 1.80 bits per heavy atom. The van der Waals surface area contributed by atoms with Crippen molar-refractivity contribution in [3.63, 3.8) is 0 Å². The van der Waals surface area contributed by atoms with Crippen molar-refractivity contribution < 1.29 is 28.2 Å². The normalized spacial score (nSPS) is 14.2. The maximum atomic E-state index is 14.7. The third-order valence-corrected chi connectivity index (χ3v) is 7.34. The van der Waals surface area contributed by atoms with E-state index in [0.29, 0.717) is 24.2 Å². The fraction of sp³-hybridized carbons (Fsp3) is 0.212. The molecular weight excluding hydrogens is 523 g/mol. The second-order valence-corrected chi connectivity index (χ2v) is 9.80. The van der Waals surface area contributed by atoms with Gasteiger partial charge in [0, 0.05) is 12.4 Å². The maximum absolute atomic E-state index is 14.7. The van der Waals surface area contributed by atoms with Gasteiger partial charge < -0.3 is 24.3 Å². The number of phenols is 1. The van der Waals surface area contributed by atoms with Gasteiger partial charge in [-0.2, -0.15) is 0 Å². The number of pyridine rings is 1. The number of carbonyl (C=O) groups excluding carboxylic acids is 1. The maximum Gasteiger partial charge on any atom is 0.227 e. The highest BCUT2D eigenvalue weighted by Gasteiger charge is 2.33. The first-order valence-electron chi connectivity index (χ1n) is 13.3. The lowest BCUT2D eigenvalue weighted by Gasteiger charge is -2.20. The molecule has 0 bridgehead atoms. The number of ether oxygens (including phenoxy) is 2. The van der Waals surface area contributed by atoms with Crippen LogP contribution in [-0.2, 0) is 17.8 Å². The number of allylic oxidation sites excluding steroid dienone is 2. The lowest BCUT2D eigenvalue weighted by Crippen LogP contribution is -2.31. The van der Waals surface area contributed by atoms with Crippen LogP contribution < -0.4 is 14.8 Å². The average molecular weight is 555 g/mol. The van der Waals surface area contributed by atoms with E-state index in [-0.39, 0.29) is 35.5 Å². The van der Waals surface area contributed by atoms with Crippen molar-refractivity contribution in [1.82, 2.24) is 10.3 Å². The lowest BCUT2D eigenvalue weighted by molar-refractivity contribution is -0.123. The summed E-state index contributed by atoms with van der Waals surface area (Å²) in [4.78, 5) is 17.9. The number of rotatable bonds is 10. The quantitative estimate of drug-likeness (QED) is 0.235.